The standard InChI is InChI=1S/C50H38BN/c1-5-19-35(20-6-1)47(36-21-7-2-8-22-36)43-31-17-29-41-40-28-14-16-34-46(40)52-50-42(39-27-13-15-33-45(39)51(52)49(41)43)30-18-32-44(50)48(37-23-9-3-10-24-37)38-25-11-4-12-26-38/h1-34,43,47-49H. The summed E-state index contributed by atoms with van der Waals surface area (Å²) in [6, 6.07) is 69.9. The lowest BCUT2D eigenvalue weighted by atomic mass is 9.35. The quantitative estimate of drug-likeness (QED) is 0.126. The summed E-state index contributed by atoms with van der Waals surface area (Å²) < 4.78 is 0. The van der Waals surface area contributed by atoms with E-state index in [0.717, 1.165) is 0 Å². The summed E-state index contributed by atoms with van der Waals surface area (Å²) in [6.45, 7) is 0.0862. The summed E-state index contributed by atoms with van der Waals surface area (Å²) in [6.07, 6.45) is 7.24. The molecule has 52 heavy (non-hydrogen) atoms. The molecule has 0 radical (unpaired) electrons. The molecule has 3 aliphatic rings. The van der Waals surface area contributed by atoms with Gasteiger partial charge in [-0.15, -0.1) is 0 Å². The highest BCUT2D eigenvalue weighted by atomic mass is 15.1. The van der Waals surface area contributed by atoms with Crippen LogP contribution in [-0.2, 0) is 0 Å². The number of nitrogens with zero attached hydrogens (tertiary/aromatic N) is 1. The smallest absolute Gasteiger partial charge is 0.302 e. The van der Waals surface area contributed by atoms with E-state index in [1.54, 1.807) is 0 Å². The molecule has 0 fully saturated rings. The summed E-state index contributed by atoms with van der Waals surface area (Å²) in [7, 11) is 0. The Bertz CT molecular complexity index is 2360. The van der Waals surface area contributed by atoms with Crippen molar-refractivity contribution in [2.45, 2.75) is 17.7 Å². The van der Waals surface area contributed by atoms with E-state index < -0.39 is 0 Å². The summed E-state index contributed by atoms with van der Waals surface area (Å²) in [5, 5.41) is 0. The van der Waals surface area contributed by atoms with Crippen molar-refractivity contribution in [2.75, 3.05) is 4.81 Å². The molecule has 0 amide bonds. The van der Waals surface area contributed by atoms with Gasteiger partial charge in [0.2, 0.25) is 0 Å². The third-order valence-electron chi connectivity index (χ3n) is 11.6. The molecule has 0 saturated carbocycles. The van der Waals surface area contributed by atoms with Gasteiger partial charge in [-0.05, 0) is 67.8 Å². The number of hydrogen-bond acceptors (Lipinski definition) is 1. The molecule has 0 aromatic heterocycles. The molecule has 0 bridgehead atoms. The summed E-state index contributed by atoms with van der Waals surface area (Å²) in [4.78, 5) is 2.75. The lowest BCUT2D eigenvalue weighted by Gasteiger charge is -2.51. The first-order chi connectivity index (χ1) is 25.9. The summed E-state index contributed by atoms with van der Waals surface area (Å²) in [5.74, 6) is 0.659. The van der Waals surface area contributed by atoms with Gasteiger partial charge in [-0.25, -0.2) is 0 Å². The first-order valence-electron chi connectivity index (χ1n) is 18.6. The molecule has 0 spiro atoms. The van der Waals surface area contributed by atoms with E-state index in [-0.39, 0.29) is 30.4 Å². The van der Waals surface area contributed by atoms with Gasteiger partial charge in [-0.3, -0.25) is 0 Å². The Hall–Kier alpha value is -6.12. The predicted octanol–water partition coefficient (Wildman–Crippen LogP) is 11.7. The minimum absolute atomic E-state index is 0.0656. The molecule has 2 aliphatic heterocycles. The van der Waals surface area contributed by atoms with Crippen molar-refractivity contribution in [3.8, 4) is 11.1 Å². The van der Waals surface area contributed by atoms with Crippen molar-refractivity contribution < 1.29 is 0 Å². The Balaban J connectivity index is 1.26. The number of allylic oxidation sites excluding steroid dienone is 4. The fourth-order valence-electron chi connectivity index (χ4n) is 9.61. The highest BCUT2D eigenvalue weighted by Crippen LogP contribution is 2.59. The van der Waals surface area contributed by atoms with Crippen LogP contribution < -0.4 is 10.3 Å². The average Bonchev–Trinajstić information content (AvgIpc) is 3.22. The molecule has 0 saturated heterocycles. The average molecular weight is 664 g/mol. The van der Waals surface area contributed by atoms with Crippen molar-refractivity contribution in [1.82, 2.24) is 0 Å². The number of anilines is 2. The SMILES string of the molecule is C1=CC(C(c2ccccc2)c2ccccc2)C2B3c4ccccc4-c4cccc(C(c5ccccc5)c5ccccc5)c4N3c3ccccc3C2=C1. The molecule has 1 aliphatic carbocycles. The number of rotatable bonds is 6. The normalized spacial score (nSPS) is 16.8. The second kappa shape index (κ2) is 12.9. The first-order valence-corrected chi connectivity index (χ1v) is 18.6. The van der Waals surface area contributed by atoms with E-state index in [4.69, 9.17) is 0 Å². The van der Waals surface area contributed by atoms with Crippen molar-refractivity contribution in [3.63, 3.8) is 0 Å². The van der Waals surface area contributed by atoms with Gasteiger partial charge in [-0.1, -0.05) is 200 Å². The zero-order chi connectivity index (χ0) is 34.4. The Labute approximate surface area is 307 Å². The van der Waals surface area contributed by atoms with Crippen LogP contribution >= 0.6 is 0 Å². The monoisotopic (exact) mass is 663 g/mol. The minimum Gasteiger partial charge on any atom is -0.380 e. The van der Waals surface area contributed by atoms with Crippen LogP contribution in [0, 0.1) is 5.92 Å². The fourth-order valence-corrected chi connectivity index (χ4v) is 9.61. The molecule has 1 nitrogen and oxygen atoms in total. The fraction of sp³-hybridized carbons (Fsp3) is 0.0800. The molecular formula is C50H38BN. The van der Waals surface area contributed by atoms with Gasteiger partial charge >= 0.3 is 6.85 Å². The maximum atomic E-state index is 2.75. The van der Waals surface area contributed by atoms with E-state index in [1.165, 1.54) is 66.9 Å². The predicted molar refractivity (Wildman–Crippen MR) is 219 cm³/mol. The third-order valence-corrected chi connectivity index (χ3v) is 11.6. The van der Waals surface area contributed by atoms with Crippen molar-refractivity contribution >= 4 is 29.3 Å². The lowest BCUT2D eigenvalue weighted by molar-refractivity contribution is 0.571. The Kier molecular flexibility index (Phi) is 7.61. The second-order valence-corrected chi connectivity index (χ2v) is 14.3. The highest BCUT2D eigenvalue weighted by molar-refractivity contribution is 6.84. The number of benzene rings is 7. The van der Waals surface area contributed by atoms with Gasteiger partial charge in [0.05, 0.1) is 0 Å². The summed E-state index contributed by atoms with van der Waals surface area (Å²) in [5.41, 5.74) is 16.0. The summed E-state index contributed by atoms with van der Waals surface area (Å²) >= 11 is 0. The van der Waals surface area contributed by atoms with Crippen LogP contribution in [0.5, 0.6) is 0 Å². The first kappa shape index (κ1) is 30.7. The van der Waals surface area contributed by atoms with Crippen LogP contribution in [0.25, 0.3) is 16.7 Å². The topological polar surface area (TPSA) is 3.24 Å². The van der Waals surface area contributed by atoms with Gasteiger partial charge in [0.1, 0.15) is 0 Å². The van der Waals surface area contributed by atoms with Crippen molar-refractivity contribution in [2.24, 2.45) is 5.92 Å². The molecule has 2 heteroatoms. The largest absolute Gasteiger partial charge is 0.380 e. The van der Waals surface area contributed by atoms with Gasteiger partial charge < -0.3 is 4.81 Å². The molecule has 2 heterocycles. The Morgan fingerprint density at radius 1 is 0.462 bits per heavy atom. The van der Waals surface area contributed by atoms with Crippen LogP contribution in [0.1, 0.15) is 45.2 Å². The lowest BCUT2D eigenvalue weighted by Crippen LogP contribution is -2.57. The molecule has 7 aromatic rings. The number of fused-ring (bicyclic) bond motifs is 11. The zero-order valence-electron chi connectivity index (χ0n) is 29.0. The highest BCUT2D eigenvalue weighted by Gasteiger charge is 2.52. The molecule has 2 atom stereocenters. The van der Waals surface area contributed by atoms with Crippen LogP contribution in [-0.4, -0.2) is 6.85 Å². The Morgan fingerprint density at radius 3 is 1.62 bits per heavy atom. The second-order valence-electron chi connectivity index (χ2n) is 14.3. The minimum atomic E-state index is 0.0656. The molecule has 10 rings (SSSR count). The van der Waals surface area contributed by atoms with E-state index in [2.05, 4.69) is 211 Å². The van der Waals surface area contributed by atoms with E-state index in [9.17, 15) is 0 Å². The third kappa shape index (κ3) is 4.93. The van der Waals surface area contributed by atoms with Crippen LogP contribution in [0.15, 0.2) is 206 Å². The molecule has 2 unspecified atom stereocenters. The van der Waals surface area contributed by atoms with Gasteiger partial charge in [0.25, 0.3) is 0 Å². The van der Waals surface area contributed by atoms with Crippen LogP contribution in [0.4, 0.5) is 11.4 Å². The molecule has 7 aromatic carbocycles. The van der Waals surface area contributed by atoms with Gasteiger partial charge in [0.15, 0.2) is 0 Å². The van der Waals surface area contributed by atoms with E-state index in [0.29, 0.717) is 0 Å². The number of para-hydroxylation sites is 2. The van der Waals surface area contributed by atoms with Crippen molar-refractivity contribution in [1.29, 1.82) is 0 Å². The van der Waals surface area contributed by atoms with E-state index in [1.807, 2.05) is 0 Å². The van der Waals surface area contributed by atoms with Gasteiger partial charge in [-0.2, -0.15) is 0 Å². The van der Waals surface area contributed by atoms with Crippen LogP contribution in [0.2, 0.25) is 5.82 Å². The molecular weight excluding hydrogens is 625 g/mol. The Morgan fingerprint density at radius 2 is 0.981 bits per heavy atom. The molecule has 0 N–H and O–H groups in total. The van der Waals surface area contributed by atoms with Crippen molar-refractivity contribution in [3.05, 3.63) is 240 Å². The number of hydrogen-bond donors (Lipinski definition) is 0. The van der Waals surface area contributed by atoms with Gasteiger partial charge in [0, 0.05) is 28.8 Å². The maximum absolute atomic E-state index is 2.75. The zero-order valence-corrected chi connectivity index (χ0v) is 29.0. The maximum Gasteiger partial charge on any atom is 0.302 e. The van der Waals surface area contributed by atoms with Crippen LogP contribution in [0.3, 0.4) is 0 Å². The van der Waals surface area contributed by atoms with E-state index >= 15 is 0 Å². The molecule has 246 valence electrons.